The lowest BCUT2D eigenvalue weighted by Gasteiger charge is -2.28. The van der Waals surface area contributed by atoms with Gasteiger partial charge in [0.2, 0.25) is 0 Å². The van der Waals surface area contributed by atoms with Crippen LogP contribution >= 0.6 is 28.3 Å². The highest BCUT2D eigenvalue weighted by molar-refractivity contribution is 9.10. The van der Waals surface area contributed by atoms with Crippen molar-refractivity contribution in [3.63, 3.8) is 0 Å². The topological polar surface area (TPSA) is 32.3 Å². The number of rotatable bonds is 1. The van der Waals surface area contributed by atoms with Gasteiger partial charge in [0.25, 0.3) is 5.91 Å². The van der Waals surface area contributed by atoms with Gasteiger partial charge in [-0.25, -0.2) is 0 Å². The number of carbonyl (C=O) groups is 1. The molecule has 0 aromatic heterocycles. The summed E-state index contributed by atoms with van der Waals surface area (Å²) in [6.07, 6.45) is 3.38. The number of hydrogen-bond donors (Lipinski definition) is 1. The van der Waals surface area contributed by atoms with Gasteiger partial charge in [-0.15, -0.1) is 12.4 Å². The number of aryl methyl sites for hydroxylation is 1. The Morgan fingerprint density at radius 1 is 1.30 bits per heavy atom. The average Bonchev–Trinajstić information content (AvgIpc) is 2.62. The van der Waals surface area contributed by atoms with Crippen LogP contribution in [0.1, 0.15) is 35.2 Å². The minimum absolute atomic E-state index is 0. The quantitative estimate of drug-likeness (QED) is 0.835. The molecule has 2 atom stereocenters. The lowest BCUT2D eigenvalue weighted by atomic mass is 10.1. The van der Waals surface area contributed by atoms with Gasteiger partial charge < -0.3 is 10.2 Å². The fraction of sp³-hybridized carbons (Fsp3) is 0.533. The predicted octanol–water partition coefficient (Wildman–Crippen LogP) is 3.15. The Morgan fingerprint density at radius 3 is 2.80 bits per heavy atom. The van der Waals surface area contributed by atoms with Crippen LogP contribution in [-0.2, 0) is 0 Å². The summed E-state index contributed by atoms with van der Waals surface area (Å²) in [6.45, 7) is 3.98. The number of fused-ring (bicyclic) bond motifs is 2. The van der Waals surface area contributed by atoms with Crippen LogP contribution in [0.2, 0.25) is 0 Å². The highest BCUT2D eigenvalue weighted by atomic mass is 79.9. The zero-order valence-electron chi connectivity index (χ0n) is 11.6. The maximum Gasteiger partial charge on any atom is 0.254 e. The van der Waals surface area contributed by atoms with Crippen LogP contribution in [0.15, 0.2) is 22.7 Å². The van der Waals surface area contributed by atoms with Crippen molar-refractivity contribution in [2.75, 3.05) is 13.1 Å². The number of carbonyl (C=O) groups excluding carboxylic acids is 1. The summed E-state index contributed by atoms with van der Waals surface area (Å²) in [7, 11) is 0. The molecule has 2 heterocycles. The maximum atomic E-state index is 12.8. The van der Waals surface area contributed by atoms with Crippen molar-refractivity contribution >= 4 is 34.2 Å². The van der Waals surface area contributed by atoms with Gasteiger partial charge in [0.15, 0.2) is 0 Å². The van der Waals surface area contributed by atoms with E-state index in [0.717, 1.165) is 48.0 Å². The smallest absolute Gasteiger partial charge is 0.254 e. The number of halogens is 2. The van der Waals surface area contributed by atoms with Crippen molar-refractivity contribution in [3.8, 4) is 0 Å². The molecular weight excluding hydrogens is 340 g/mol. The Bertz CT molecular complexity index is 495. The lowest BCUT2D eigenvalue weighted by molar-refractivity contribution is 0.0679. The van der Waals surface area contributed by atoms with Crippen LogP contribution in [0.5, 0.6) is 0 Å². The molecule has 2 fully saturated rings. The molecule has 5 heteroatoms. The molecule has 3 nitrogen and oxygen atoms in total. The second kappa shape index (κ2) is 6.46. The van der Waals surface area contributed by atoms with E-state index < -0.39 is 0 Å². The minimum atomic E-state index is 0. The van der Waals surface area contributed by atoms with Crippen LogP contribution in [0.4, 0.5) is 0 Å². The summed E-state index contributed by atoms with van der Waals surface area (Å²) < 4.78 is 1.03. The summed E-state index contributed by atoms with van der Waals surface area (Å²) in [5, 5.41) is 3.44. The maximum absolute atomic E-state index is 12.8. The number of nitrogens with one attached hydrogen (secondary N) is 1. The van der Waals surface area contributed by atoms with Gasteiger partial charge in [-0.1, -0.05) is 15.9 Å². The molecule has 1 N–H and O–H groups in total. The Morgan fingerprint density at radius 2 is 2.05 bits per heavy atom. The molecule has 1 aromatic rings. The van der Waals surface area contributed by atoms with Crippen molar-refractivity contribution in [2.45, 2.75) is 38.3 Å². The largest absolute Gasteiger partial charge is 0.331 e. The summed E-state index contributed by atoms with van der Waals surface area (Å²) in [6, 6.07) is 6.72. The molecule has 2 bridgehead atoms. The van der Waals surface area contributed by atoms with Gasteiger partial charge in [-0.05, 0) is 56.5 Å². The van der Waals surface area contributed by atoms with Crippen molar-refractivity contribution in [2.24, 2.45) is 0 Å². The third-order valence-electron chi connectivity index (χ3n) is 4.31. The normalized spacial score (nSPS) is 25.0. The van der Waals surface area contributed by atoms with Gasteiger partial charge in [0.1, 0.15) is 0 Å². The van der Waals surface area contributed by atoms with Crippen LogP contribution in [-0.4, -0.2) is 36.0 Å². The minimum Gasteiger partial charge on any atom is -0.331 e. The molecular formula is C15H20BrClN2O. The second-order valence-electron chi connectivity index (χ2n) is 5.55. The zero-order chi connectivity index (χ0) is 13.4. The van der Waals surface area contributed by atoms with Gasteiger partial charge >= 0.3 is 0 Å². The van der Waals surface area contributed by atoms with E-state index in [-0.39, 0.29) is 18.3 Å². The van der Waals surface area contributed by atoms with Gasteiger partial charge in [0.05, 0.1) is 0 Å². The van der Waals surface area contributed by atoms with E-state index in [2.05, 4.69) is 26.1 Å². The van der Waals surface area contributed by atoms with E-state index in [9.17, 15) is 4.79 Å². The summed E-state index contributed by atoms with van der Waals surface area (Å²) >= 11 is 3.46. The standard InChI is InChI=1S/C15H19BrN2O.ClH/c1-10-8-11(16)2-5-14(10)15(19)18-12-3-4-13(18)9-17-7-6-12;/h2,5,8,12-13,17H,3-4,6-7,9H2,1H3;1H. The second-order valence-corrected chi connectivity index (χ2v) is 6.47. The number of amides is 1. The highest BCUT2D eigenvalue weighted by Gasteiger charge is 2.38. The van der Waals surface area contributed by atoms with E-state index in [4.69, 9.17) is 0 Å². The molecule has 2 unspecified atom stereocenters. The van der Waals surface area contributed by atoms with Crippen LogP contribution in [0.3, 0.4) is 0 Å². The van der Waals surface area contributed by atoms with Crippen molar-refractivity contribution in [1.82, 2.24) is 10.2 Å². The number of benzene rings is 1. The first-order chi connectivity index (χ1) is 9.16. The molecule has 20 heavy (non-hydrogen) atoms. The first kappa shape index (κ1) is 15.8. The summed E-state index contributed by atoms with van der Waals surface area (Å²) in [5.41, 5.74) is 1.90. The van der Waals surface area contributed by atoms with E-state index in [1.807, 2.05) is 25.1 Å². The average molecular weight is 360 g/mol. The summed E-state index contributed by atoms with van der Waals surface area (Å²) in [4.78, 5) is 15.0. The Hall–Kier alpha value is -0.580. The van der Waals surface area contributed by atoms with Gasteiger partial charge in [-0.2, -0.15) is 0 Å². The molecule has 0 aliphatic carbocycles. The molecule has 2 saturated heterocycles. The third kappa shape index (κ3) is 2.87. The van der Waals surface area contributed by atoms with E-state index >= 15 is 0 Å². The van der Waals surface area contributed by atoms with Crippen molar-refractivity contribution < 1.29 is 4.79 Å². The molecule has 110 valence electrons. The molecule has 1 amide bonds. The van der Waals surface area contributed by atoms with E-state index in [1.165, 1.54) is 0 Å². The number of hydrogen-bond acceptors (Lipinski definition) is 2. The SMILES string of the molecule is Cc1cc(Br)ccc1C(=O)N1C2CCNCC1CC2.Cl. The van der Waals surface area contributed by atoms with E-state index in [1.54, 1.807) is 0 Å². The Balaban J connectivity index is 0.00000147. The molecule has 0 spiro atoms. The van der Waals surface area contributed by atoms with Crippen LogP contribution in [0.25, 0.3) is 0 Å². The van der Waals surface area contributed by atoms with Crippen molar-refractivity contribution in [3.05, 3.63) is 33.8 Å². The van der Waals surface area contributed by atoms with E-state index in [0.29, 0.717) is 12.1 Å². The molecule has 2 aliphatic heterocycles. The molecule has 1 aromatic carbocycles. The fourth-order valence-corrected chi connectivity index (χ4v) is 3.80. The molecule has 0 saturated carbocycles. The lowest BCUT2D eigenvalue weighted by Crippen LogP contribution is -2.42. The predicted molar refractivity (Wildman–Crippen MR) is 86.6 cm³/mol. The first-order valence-electron chi connectivity index (χ1n) is 6.96. The molecule has 0 radical (unpaired) electrons. The third-order valence-corrected chi connectivity index (χ3v) is 4.80. The monoisotopic (exact) mass is 358 g/mol. The highest BCUT2D eigenvalue weighted by Crippen LogP contribution is 2.30. The number of nitrogens with zero attached hydrogens (tertiary/aromatic N) is 1. The van der Waals surface area contributed by atoms with Crippen LogP contribution in [0, 0.1) is 6.92 Å². The Kier molecular flexibility index (Phi) is 5.10. The Labute approximate surface area is 134 Å². The zero-order valence-corrected chi connectivity index (χ0v) is 14.0. The molecule has 3 rings (SSSR count). The van der Waals surface area contributed by atoms with Crippen LogP contribution < -0.4 is 5.32 Å². The summed E-state index contributed by atoms with van der Waals surface area (Å²) in [5.74, 6) is 0.209. The van der Waals surface area contributed by atoms with Crippen molar-refractivity contribution in [1.29, 1.82) is 0 Å². The molecule has 2 aliphatic rings. The van der Waals surface area contributed by atoms with Gasteiger partial charge in [-0.3, -0.25) is 4.79 Å². The first-order valence-corrected chi connectivity index (χ1v) is 7.75. The van der Waals surface area contributed by atoms with Gasteiger partial charge in [0, 0.05) is 28.7 Å². The fourth-order valence-electron chi connectivity index (χ4n) is 3.32.